The molecule has 1 aliphatic heterocycles. The van der Waals surface area contributed by atoms with Crippen molar-refractivity contribution in [1.82, 2.24) is 10.2 Å². The predicted octanol–water partition coefficient (Wildman–Crippen LogP) is 3.50. The van der Waals surface area contributed by atoms with Crippen LogP contribution in [0.5, 0.6) is 5.75 Å². The highest BCUT2D eigenvalue weighted by molar-refractivity contribution is 5.68. The topological polar surface area (TPSA) is 61.8 Å². The molecular weight excluding hydrogens is 304 g/mol. The first-order valence-electron chi connectivity index (χ1n) is 8.65. The monoisotopic (exact) mass is 334 g/mol. The summed E-state index contributed by atoms with van der Waals surface area (Å²) < 4.78 is 5.31. The Labute approximate surface area is 145 Å². The summed E-state index contributed by atoms with van der Waals surface area (Å²) in [5, 5.41) is 13.1. The molecule has 5 heteroatoms. The van der Waals surface area contributed by atoms with E-state index in [1.165, 1.54) is 5.56 Å². The lowest BCUT2D eigenvalue weighted by molar-refractivity contribution is 0.0477. The van der Waals surface area contributed by atoms with E-state index in [-0.39, 0.29) is 12.1 Å². The first-order chi connectivity index (χ1) is 11.1. The van der Waals surface area contributed by atoms with E-state index in [9.17, 15) is 9.90 Å². The van der Waals surface area contributed by atoms with Crippen LogP contribution in [-0.2, 0) is 11.3 Å². The van der Waals surface area contributed by atoms with Crippen molar-refractivity contribution in [3.63, 3.8) is 0 Å². The number of hydrogen-bond donors (Lipinski definition) is 2. The number of benzene rings is 1. The Morgan fingerprint density at radius 3 is 2.42 bits per heavy atom. The molecule has 1 aliphatic rings. The van der Waals surface area contributed by atoms with Crippen molar-refractivity contribution in [3.8, 4) is 5.75 Å². The van der Waals surface area contributed by atoms with E-state index in [0.717, 1.165) is 43.6 Å². The number of hydrogen-bond acceptors (Lipinski definition) is 4. The van der Waals surface area contributed by atoms with Crippen LogP contribution in [-0.4, -0.2) is 40.8 Å². The van der Waals surface area contributed by atoms with Crippen molar-refractivity contribution < 1.29 is 14.6 Å². The Kier molecular flexibility index (Phi) is 5.75. The standard InChI is InChI=1S/C19H30N2O3/c1-13-10-15(17(22)11-14(13)2)12-21-8-6-16(7-9-21)20-18(23)24-19(3,4)5/h10-11,16,22H,6-9,12H2,1-5H3,(H,20,23). The molecule has 1 aromatic rings. The smallest absolute Gasteiger partial charge is 0.407 e. The van der Waals surface area contributed by atoms with Crippen LogP contribution in [0.15, 0.2) is 12.1 Å². The lowest BCUT2D eigenvalue weighted by Gasteiger charge is -2.33. The lowest BCUT2D eigenvalue weighted by atomic mass is 10.0. The molecule has 2 N–H and O–H groups in total. The van der Waals surface area contributed by atoms with Gasteiger partial charge in [-0.05, 0) is 64.7 Å². The second kappa shape index (κ2) is 7.43. The van der Waals surface area contributed by atoms with Crippen molar-refractivity contribution in [1.29, 1.82) is 0 Å². The number of carbonyl (C=O) groups excluding carboxylic acids is 1. The minimum Gasteiger partial charge on any atom is -0.508 e. The molecule has 1 fully saturated rings. The van der Waals surface area contributed by atoms with Crippen LogP contribution < -0.4 is 5.32 Å². The molecule has 1 aromatic carbocycles. The molecule has 0 bridgehead atoms. The van der Waals surface area contributed by atoms with Gasteiger partial charge in [-0.15, -0.1) is 0 Å². The summed E-state index contributed by atoms with van der Waals surface area (Å²) in [6.07, 6.45) is 1.45. The highest BCUT2D eigenvalue weighted by Gasteiger charge is 2.24. The van der Waals surface area contributed by atoms with E-state index in [1.54, 1.807) is 0 Å². The van der Waals surface area contributed by atoms with Gasteiger partial charge in [-0.25, -0.2) is 4.79 Å². The van der Waals surface area contributed by atoms with Gasteiger partial charge in [0, 0.05) is 31.2 Å². The van der Waals surface area contributed by atoms with E-state index < -0.39 is 5.60 Å². The van der Waals surface area contributed by atoms with Gasteiger partial charge < -0.3 is 15.2 Å². The average molecular weight is 334 g/mol. The van der Waals surface area contributed by atoms with E-state index in [4.69, 9.17) is 4.74 Å². The highest BCUT2D eigenvalue weighted by Crippen LogP contribution is 2.24. The van der Waals surface area contributed by atoms with Crippen LogP contribution in [0.3, 0.4) is 0 Å². The first kappa shape index (κ1) is 18.6. The van der Waals surface area contributed by atoms with E-state index in [0.29, 0.717) is 5.75 Å². The number of likely N-dealkylation sites (tertiary alicyclic amines) is 1. The summed E-state index contributed by atoms with van der Waals surface area (Å²) in [5.41, 5.74) is 2.81. The second-order valence-electron chi connectivity index (χ2n) is 7.76. The molecule has 134 valence electrons. The molecule has 0 spiro atoms. The molecular formula is C19H30N2O3. The van der Waals surface area contributed by atoms with Crippen LogP contribution >= 0.6 is 0 Å². The summed E-state index contributed by atoms with van der Waals surface area (Å²) in [6.45, 7) is 12.2. The van der Waals surface area contributed by atoms with Gasteiger partial charge in [-0.1, -0.05) is 6.07 Å². The van der Waals surface area contributed by atoms with Crippen LogP contribution in [0.4, 0.5) is 4.79 Å². The van der Waals surface area contributed by atoms with Gasteiger partial charge in [0.15, 0.2) is 0 Å². The molecule has 2 rings (SSSR count). The molecule has 1 saturated heterocycles. The zero-order chi connectivity index (χ0) is 17.9. The zero-order valence-electron chi connectivity index (χ0n) is 15.5. The number of piperidine rings is 1. The van der Waals surface area contributed by atoms with Gasteiger partial charge in [0.2, 0.25) is 0 Å². The summed E-state index contributed by atoms with van der Waals surface area (Å²) in [7, 11) is 0. The minimum atomic E-state index is -0.467. The number of aromatic hydroxyl groups is 1. The van der Waals surface area contributed by atoms with Crippen LogP contribution in [0.2, 0.25) is 0 Å². The molecule has 0 aromatic heterocycles. The lowest BCUT2D eigenvalue weighted by Crippen LogP contribution is -2.45. The summed E-state index contributed by atoms with van der Waals surface area (Å²) >= 11 is 0. The number of aryl methyl sites for hydroxylation is 2. The Morgan fingerprint density at radius 2 is 1.83 bits per heavy atom. The number of carbonyl (C=O) groups is 1. The fraction of sp³-hybridized carbons (Fsp3) is 0.632. The van der Waals surface area contributed by atoms with E-state index >= 15 is 0 Å². The normalized spacial score (nSPS) is 16.9. The van der Waals surface area contributed by atoms with Crippen molar-refractivity contribution in [2.75, 3.05) is 13.1 Å². The molecule has 1 heterocycles. The molecule has 0 aliphatic carbocycles. The largest absolute Gasteiger partial charge is 0.508 e. The van der Waals surface area contributed by atoms with Crippen molar-refractivity contribution in [2.24, 2.45) is 0 Å². The maximum Gasteiger partial charge on any atom is 0.407 e. The SMILES string of the molecule is Cc1cc(O)c(CN2CCC(NC(=O)OC(C)(C)C)CC2)cc1C. The molecule has 1 amide bonds. The van der Waals surface area contributed by atoms with Crippen LogP contribution in [0, 0.1) is 13.8 Å². The molecule has 5 nitrogen and oxygen atoms in total. The third kappa shape index (κ3) is 5.41. The molecule has 0 atom stereocenters. The molecule has 0 unspecified atom stereocenters. The maximum atomic E-state index is 11.8. The number of phenolic OH excluding ortho intramolecular Hbond substituents is 1. The van der Waals surface area contributed by atoms with Gasteiger partial charge in [0.1, 0.15) is 11.4 Å². The number of nitrogens with zero attached hydrogens (tertiary/aromatic N) is 1. The van der Waals surface area contributed by atoms with Crippen LogP contribution in [0.1, 0.15) is 50.3 Å². The number of amides is 1. The van der Waals surface area contributed by atoms with Gasteiger partial charge in [0.05, 0.1) is 0 Å². The third-order valence-corrected chi connectivity index (χ3v) is 4.40. The summed E-state index contributed by atoms with van der Waals surface area (Å²) in [5.74, 6) is 0.368. The zero-order valence-corrected chi connectivity index (χ0v) is 15.5. The van der Waals surface area contributed by atoms with Crippen molar-refractivity contribution in [2.45, 2.75) is 65.6 Å². The fourth-order valence-electron chi connectivity index (χ4n) is 2.94. The minimum absolute atomic E-state index is 0.157. The highest BCUT2D eigenvalue weighted by atomic mass is 16.6. The number of phenols is 1. The van der Waals surface area contributed by atoms with Gasteiger partial charge in [0.25, 0.3) is 0 Å². The number of ether oxygens (including phenoxy) is 1. The number of nitrogens with one attached hydrogen (secondary N) is 1. The Bertz CT molecular complexity index is 585. The summed E-state index contributed by atoms with van der Waals surface area (Å²) in [4.78, 5) is 14.2. The third-order valence-electron chi connectivity index (χ3n) is 4.40. The molecule has 24 heavy (non-hydrogen) atoms. The Morgan fingerprint density at radius 1 is 1.25 bits per heavy atom. The second-order valence-corrected chi connectivity index (χ2v) is 7.76. The van der Waals surface area contributed by atoms with E-state index in [2.05, 4.69) is 23.2 Å². The quantitative estimate of drug-likeness (QED) is 0.888. The number of rotatable bonds is 3. The predicted molar refractivity (Wildman–Crippen MR) is 95.2 cm³/mol. The van der Waals surface area contributed by atoms with E-state index in [1.807, 2.05) is 33.8 Å². The fourth-order valence-corrected chi connectivity index (χ4v) is 2.94. The van der Waals surface area contributed by atoms with Crippen LogP contribution in [0.25, 0.3) is 0 Å². The van der Waals surface area contributed by atoms with Gasteiger partial charge in [-0.2, -0.15) is 0 Å². The molecule has 0 radical (unpaired) electrons. The number of alkyl carbamates (subject to hydrolysis) is 1. The van der Waals surface area contributed by atoms with Crippen molar-refractivity contribution >= 4 is 6.09 Å². The Hall–Kier alpha value is -1.75. The Balaban J connectivity index is 1.83. The first-order valence-corrected chi connectivity index (χ1v) is 8.65. The average Bonchev–Trinajstić information content (AvgIpc) is 2.44. The van der Waals surface area contributed by atoms with Gasteiger partial charge >= 0.3 is 6.09 Å². The summed E-state index contributed by atoms with van der Waals surface area (Å²) in [6, 6.07) is 4.06. The maximum absolute atomic E-state index is 11.8. The molecule has 0 saturated carbocycles. The van der Waals surface area contributed by atoms with Gasteiger partial charge in [-0.3, -0.25) is 4.90 Å². The van der Waals surface area contributed by atoms with Crippen molar-refractivity contribution in [3.05, 3.63) is 28.8 Å².